The summed E-state index contributed by atoms with van der Waals surface area (Å²) in [6.45, 7) is 4.47. The fourth-order valence-electron chi connectivity index (χ4n) is 1.22. The smallest absolute Gasteiger partial charge is 0.438 e. The van der Waals surface area contributed by atoms with Crippen molar-refractivity contribution in [1.82, 2.24) is 15.5 Å². The molecule has 0 spiro atoms. The maximum Gasteiger partial charge on any atom is 0.438 e. The summed E-state index contributed by atoms with van der Waals surface area (Å²) in [5.74, 6) is -1.91. The molecule has 0 aromatic carbocycles. The number of carbonyl (C=O) groups is 2. The number of aliphatic carboxylic acids is 1. The van der Waals surface area contributed by atoms with Crippen LogP contribution in [0.3, 0.4) is 0 Å². The van der Waals surface area contributed by atoms with E-state index in [-0.39, 0.29) is 19.0 Å². The van der Waals surface area contributed by atoms with Crippen molar-refractivity contribution in [3.05, 3.63) is 16.4 Å². The quantitative estimate of drug-likeness (QED) is 0.658. The lowest BCUT2D eigenvalue weighted by Crippen LogP contribution is -2.46. The Morgan fingerprint density at radius 3 is 2.62 bits per heavy atom. The number of H-pyrrole nitrogens is 1. The van der Waals surface area contributed by atoms with Gasteiger partial charge >= 0.3 is 17.8 Å². The number of alkyl carbamates (subject to hydrolysis) is 1. The van der Waals surface area contributed by atoms with Gasteiger partial charge in [0.25, 0.3) is 0 Å². The van der Waals surface area contributed by atoms with Gasteiger partial charge in [-0.25, -0.2) is 14.4 Å². The average Bonchev–Trinajstić information content (AvgIpc) is 2.71. The van der Waals surface area contributed by atoms with Crippen molar-refractivity contribution in [2.75, 3.05) is 6.61 Å². The first-order valence-electron chi connectivity index (χ1n) is 6.02. The minimum absolute atomic E-state index is 0.112. The van der Waals surface area contributed by atoms with Crippen LogP contribution in [0.15, 0.2) is 9.32 Å². The van der Waals surface area contributed by atoms with Gasteiger partial charge in [-0.15, -0.1) is 0 Å². The maximum atomic E-state index is 11.5. The molecule has 0 aliphatic heterocycles. The number of hydrogen-bond acceptors (Lipinski definition) is 7. The Kier molecular flexibility index (Phi) is 5.47. The van der Waals surface area contributed by atoms with Crippen LogP contribution in [-0.4, -0.2) is 45.6 Å². The second-order valence-corrected chi connectivity index (χ2v) is 5.09. The molecule has 10 heteroatoms. The van der Waals surface area contributed by atoms with Crippen LogP contribution in [0.4, 0.5) is 4.79 Å². The molecule has 1 amide bonds. The van der Waals surface area contributed by atoms with Gasteiger partial charge in [0, 0.05) is 0 Å². The fourth-order valence-corrected chi connectivity index (χ4v) is 1.22. The van der Waals surface area contributed by atoms with Crippen molar-refractivity contribution in [3.8, 4) is 0 Å². The van der Waals surface area contributed by atoms with Gasteiger partial charge in [0.2, 0.25) is 0 Å². The first-order valence-corrected chi connectivity index (χ1v) is 6.02. The van der Waals surface area contributed by atoms with Crippen molar-refractivity contribution in [3.63, 3.8) is 0 Å². The molecule has 118 valence electrons. The molecule has 1 rings (SSSR count). The van der Waals surface area contributed by atoms with Gasteiger partial charge in [-0.3, -0.25) is 9.51 Å². The van der Waals surface area contributed by atoms with Crippen LogP contribution in [0.5, 0.6) is 0 Å². The monoisotopic (exact) mass is 303 g/mol. The number of rotatable bonds is 6. The number of nitrogens with zero attached hydrogens (tertiary/aromatic N) is 1. The fraction of sp³-hybridized carbons (Fsp3) is 0.636. The molecule has 1 aromatic rings. The molecule has 3 N–H and O–H groups in total. The second-order valence-electron chi connectivity index (χ2n) is 5.09. The SMILES string of the molecule is CC(C)(C)OC(=O)NC(COCc1noc(=O)[nH]1)C(=O)O. The zero-order chi connectivity index (χ0) is 16.0. The number of hydrogen-bond donors (Lipinski definition) is 3. The number of carboxylic acid groups (broad SMARTS) is 1. The predicted molar refractivity (Wildman–Crippen MR) is 67.6 cm³/mol. The van der Waals surface area contributed by atoms with Gasteiger partial charge in [0.05, 0.1) is 6.61 Å². The van der Waals surface area contributed by atoms with E-state index in [4.69, 9.17) is 14.6 Å². The minimum atomic E-state index is -1.29. The number of aromatic amines is 1. The summed E-state index contributed by atoms with van der Waals surface area (Å²) in [7, 11) is 0. The highest BCUT2D eigenvalue weighted by molar-refractivity contribution is 5.80. The molecule has 21 heavy (non-hydrogen) atoms. The maximum absolute atomic E-state index is 11.5. The van der Waals surface area contributed by atoms with Crippen molar-refractivity contribution in [2.24, 2.45) is 0 Å². The Hall–Kier alpha value is -2.36. The first-order chi connectivity index (χ1) is 9.67. The van der Waals surface area contributed by atoms with E-state index in [9.17, 15) is 14.4 Å². The van der Waals surface area contributed by atoms with E-state index in [0.717, 1.165) is 0 Å². The average molecular weight is 303 g/mol. The van der Waals surface area contributed by atoms with Crippen LogP contribution in [0, 0.1) is 0 Å². The Balaban J connectivity index is 2.45. The summed E-state index contributed by atoms with van der Waals surface area (Å²) < 4.78 is 14.2. The van der Waals surface area contributed by atoms with Crippen LogP contribution in [0.1, 0.15) is 26.6 Å². The molecule has 1 heterocycles. The number of aromatic nitrogens is 2. The molecular weight excluding hydrogens is 286 g/mol. The lowest BCUT2D eigenvalue weighted by atomic mass is 10.2. The summed E-state index contributed by atoms with van der Waals surface area (Å²) in [6.07, 6.45) is -0.867. The van der Waals surface area contributed by atoms with Crippen LogP contribution in [-0.2, 0) is 20.9 Å². The highest BCUT2D eigenvalue weighted by Gasteiger charge is 2.24. The number of carboxylic acids is 1. The van der Waals surface area contributed by atoms with E-state index in [2.05, 4.69) is 20.0 Å². The van der Waals surface area contributed by atoms with Gasteiger partial charge in [0.1, 0.15) is 12.2 Å². The normalized spacial score (nSPS) is 12.7. The molecule has 1 atom stereocenters. The van der Waals surface area contributed by atoms with Crippen molar-refractivity contribution in [1.29, 1.82) is 0 Å². The Bertz CT molecular complexity index is 543. The highest BCUT2D eigenvalue weighted by Crippen LogP contribution is 2.07. The van der Waals surface area contributed by atoms with Gasteiger partial charge in [-0.05, 0) is 20.8 Å². The van der Waals surface area contributed by atoms with E-state index in [1.807, 2.05) is 0 Å². The van der Waals surface area contributed by atoms with E-state index in [1.165, 1.54) is 0 Å². The van der Waals surface area contributed by atoms with Gasteiger partial charge in [-0.1, -0.05) is 5.16 Å². The molecular formula is C11H17N3O7. The zero-order valence-electron chi connectivity index (χ0n) is 11.8. The number of amides is 1. The molecule has 0 bridgehead atoms. The van der Waals surface area contributed by atoms with Crippen molar-refractivity contribution in [2.45, 2.75) is 39.0 Å². The van der Waals surface area contributed by atoms with Crippen LogP contribution in [0.25, 0.3) is 0 Å². The molecule has 1 aromatic heterocycles. The predicted octanol–water partition coefficient (Wildman–Crippen LogP) is -0.143. The first kappa shape index (κ1) is 16.7. The lowest BCUT2D eigenvalue weighted by Gasteiger charge is -2.21. The molecule has 0 aliphatic carbocycles. The second kappa shape index (κ2) is 6.88. The summed E-state index contributed by atoms with van der Waals surface area (Å²) in [6, 6.07) is -1.29. The molecule has 0 aliphatic rings. The van der Waals surface area contributed by atoms with Gasteiger partial charge in [0.15, 0.2) is 11.9 Å². The third-order valence-electron chi connectivity index (χ3n) is 2.00. The molecule has 0 fully saturated rings. The Morgan fingerprint density at radius 1 is 1.48 bits per heavy atom. The van der Waals surface area contributed by atoms with Gasteiger partial charge < -0.3 is 19.9 Å². The topological polar surface area (TPSA) is 144 Å². The van der Waals surface area contributed by atoms with Crippen LogP contribution in [0.2, 0.25) is 0 Å². The molecule has 10 nitrogen and oxygen atoms in total. The van der Waals surface area contributed by atoms with E-state index < -0.39 is 29.5 Å². The summed E-state index contributed by atoms with van der Waals surface area (Å²) in [5, 5.41) is 14.5. The lowest BCUT2D eigenvalue weighted by molar-refractivity contribution is -0.141. The van der Waals surface area contributed by atoms with E-state index in [0.29, 0.717) is 0 Å². The van der Waals surface area contributed by atoms with Crippen LogP contribution >= 0.6 is 0 Å². The Labute approximate surface area is 119 Å². The van der Waals surface area contributed by atoms with Gasteiger partial charge in [-0.2, -0.15) is 0 Å². The molecule has 0 radical (unpaired) electrons. The number of nitrogens with one attached hydrogen (secondary N) is 2. The third kappa shape index (κ3) is 6.56. The third-order valence-corrected chi connectivity index (χ3v) is 2.00. The molecule has 0 saturated carbocycles. The number of ether oxygens (including phenoxy) is 2. The Morgan fingerprint density at radius 2 is 2.14 bits per heavy atom. The summed E-state index contributed by atoms with van der Waals surface area (Å²) in [5.41, 5.74) is -0.742. The molecule has 0 saturated heterocycles. The summed E-state index contributed by atoms with van der Waals surface area (Å²) >= 11 is 0. The largest absolute Gasteiger partial charge is 0.480 e. The van der Waals surface area contributed by atoms with E-state index >= 15 is 0 Å². The van der Waals surface area contributed by atoms with Crippen molar-refractivity contribution >= 4 is 12.1 Å². The minimum Gasteiger partial charge on any atom is -0.480 e. The molecule has 1 unspecified atom stereocenters. The highest BCUT2D eigenvalue weighted by atomic mass is 16.6. The summed E-state index contributed by atoms with van der Waals surface area (Å²) in [4.78, 5) is 35.4. The number of carbonyl (C=O) groups excluding carboxylic acids is 1. The standard InChI is InChI=1S/C11H17N3O7/c1-11(2,3)20-9(17)12-6(8(15)16)4-19-5-7-13-10(18)21-14-7/h6H,4-5H2,1-3H3,(H,12,17)(H,15,16)(H,13,14,18). The zero-order valence-corrected chi connectivity index (χ0v) is 11.8. The van der Waals surface area contributed by atoms with E-state index in [1.54, 1.807) is 20.8 Å². The van der Waals surface area contributed by atoms with Crippen LogP contribution < -0.4 is 11.1 Å². The van der Waals surface area contributed by atoms with Crippen molar-refractivity contribution < 1.29 is 28.7 Å².